The van der Waals surface area contributed by atoms with Gasteiger partial charge in [0.1, 0.15) is 17.4 Å². The summed E-state index contributed by atoms with van der Waals surface area (Å²) in [6, 6.07) is 9.92. The molecule has 1 aromatic rings. The van der Waals surface area contributed by atoms with Crippen LogP contribution in [0.2, 0.25) is 0 Å². The number of carbonyl (C=O) groups is 1. The molecule has 0 radical (unpaired) electrons. The van der Waals surface area contributed by atoms with Crippen molar-refractivity contribution < 1.29 is 19.0 Å². The van der Waals surface area contributed by atoms with Crippen LogP contribution < -0.4 is 0 Å². The van der Waals surface area contributed by atoms with Crippen LogP contribution in [-0.4, -0.2) is 70.7 Å². The summed E-state index contributed by atoms with van der Waals surface area (Å²) in [7, 11) is 2.11. The molecule has 0 saturated carbocycles. The van der Waals surface area contributed by atoms with Crippen LogP contribution in [0.15, 0.2) is 30.3 Å². The minimum absolute atomic E-state index is 0.158. The van der Waals surface area contributed by atoms with Crippen LogP contribution in [0, 0.1) is 0 Å². The summed E-state index contributed by atoms with van der Waals surface area (Å²) >= 11 is 1.87. The van der Waals surface area contributed by atoms with Crippen molar-refractivity contribution in [2.24, 2.45) is 0 Å². The molecule has 1 aromatic carbocycles. The lowest BCUT2D eigenvalue weighted by atomic mass is 10.1. The van der Waals surface area contributed by atoms with Gasteiger partial charge in [0.2, 0.25) is 0 Å². The van der Waals surface area contributed by atoms with E-state index >= 15 is 0 Å². The average molecular weight is 423 g/mol. The first-order valence-electron chi connectivity index (χ1n) is 10.2. The van der Waals surface area contributed by atoms with Crippen LogP contribution in [0.25, 0.3) is 0 Å². The highest BCUT2D eigenvalue weighted by molar-refractivity contribution is 8.00. The molecule has 2 aliphatic rings. The maximum Gasteiger partial charge on any atom is 0.412 e. The summed E-state index contributed by atoms with van der Waals surface area (Å²) in [5, 5.41) is 0.158. The van der Waals surface area contributed by atoms with Gasteiger partial charge in [-0.2, -0.15) is 0 Å². The van der Waals surface area contributed by atoms with E-state index in [0.717, 1.165) is 17.9 Å². The van der Waals surface area contributed by atoms with Gasteiger partial charge in [0.15, 0.2) is 0 Å². The van der Waals surface area contributed by atoms with Crippen LogP contribution in [-0.2, 0) is 20.8 Å². The predicted octanol–water partition coefficient (Wildman–Crippen LogP) is 3.95. The number of hydrogen-bond donors (Lipinski definition) is 0. The normalized spacial score (nSPS) is 25.9. The van der Waals surface area contributed by atoms with E-state index in [4.69, 9.17) is 14.2 Å². The van der Waals surface area contributed by atoms with Gasteiger partial charge < -0.3 is 14.2 Å². The van der Waals surface area contributed by atoms with Crippen molar-refractivity contribution in [2.45, 2.75) is 70.1 Å². The Labute approximate surface area is 178 Å². The molecular weight excluding hydrogens is 388 g/mol. The van der Waals surface area contributed by atoms with Crippen molar-refractivity contribution in [1.82, 2.24) is 9.80 Å². The average Bonchev–Trinajstić information content (AvgIpc) is 3.18. The third kappa shape index (κ3) is 5.45. The lowest BCUT2D eigenvalue weighted by Gasteiger charge is -2.40. The van der Waals surface area contributed by atoms with E-state index in [0.29, 0.717) is 13.2 Å². The van der Waals surface area contributed by atoms with Crippen LogP contribution >= 0.6 is 11.8 Å². The lowest BCUT2D eigenvalue weighted by molar-refractivity contribution is -0.0779. The highest BCUT2D eigenvalue weighted by Crippen LogP contribution is 2.37. The van der Waals surface area contributed by atoms with Crippen LogP contribution in [0.1, 0.15) is 40.2 Å². The van der Waals surface area contributed by atoms with Crippen LogP contribution in [0.5, 0.6) is 0 Å². The quantitative estimate of drug-likeness (QED) is 0.716. The summed E-state index contributed by atoms with van der Waals surface area (Å²) in [6.45, 7) is 11.4. The van der Waals surface area contributed by atoms with E-state index in [9.17, 15) is 4.79 Å². The van der Waals surface area contributed by atoms with Gasteiger partial charge in [-0.3, -0.25) is 9.80 Å². The number of ether oxygens (including phenoxy) is 3. The van der Waals surface area contributed by atoms with Gasteiger partial charge in [0, 0.05) is 12.3 Å². The first-order valence-corrected chi connectivity index (χ1v) is 11.3. The van der Waals surface area contributed by atoms with Crippen molar-refractivity contribution in [3.05, 3.63) is 35.9 Å². The number of thioether (sulfide) groups is 1. The van der Waals surface area contributed by atoms with Crippen molar-refractivity contribution in [2.75, 3.05) is 26.0 Å². The van der Waals surface area contributed by atoms with Crippen molar-refractivity contribution >= 4 is 17.9 Å². The number of carbonyl (C=O) groups excluding carboxylic acids is 1. The van der Waals surface area contributed by atoms with E-state index in [-0.39, 0.29) is 23.6 Å². The molecule has 7 heteroatoms. The minimum atomic E-state index is -0.747. The SMILES string of the molecule is CN1CCSC1[C@H](OCc1ccccc1)[C@@H]1COC(C)(C)N1C(=O)OC(C)(C)C. The molecule has 1 amide bonds. The van der Waals surface area contributed by atoms with E-state index in [1.807, 2.05) is 64.6 Å². The second-order valence-corrected chi connectivity index (χ2v) is 10.4. The molecule has 2 fully saturated rings. The number of hydrogen-bond acceptors (Lipinski definition) is 6. The number of rotatable bonds is 5. The smallest absolute Gasteiger partial charge is 0.412 e. The highest BCUT2D eigenvalue weighted by atomic mass is 32.2. The fourth-order valence-electron chi connectivity index (χ4n) is 3.81. The third-order valence-electron chi connectivity index (χ3n) is 5.22. The van der Waals surface area contributed by atoms with E-state index in [1.165, 1.54) is 0 Å². The fourth-order valence-corrected chi connectivity index (χ4v) is 5.25. The Morgan fingerprint density at radius 1 is 1.31 bits per heavy atom. The molecule has 1 unspecified atom stereocenters. The highest BCUT2D eigenvalue weighted by Gasteiger charge is 2.51. The topological polar surface area (TPSA) is 51.2 Å². The van der Waals surface area contributed by atoms with Gasteiger partial charge in [-0.05, 0) is 47.2 Å². The fraction of sp³-hybridized carbons (Fsp3) is 0.682. The molecule has 0 spiro atoms. The van der Waals surface area contributed by atoms with E-state index in [1.54, 1.807) is 4.90 Å². The number of nitrogens with zero attached hydrogens (tertiary/aromatic N) is 2. The summed E-state index contributed by atoms with van der Waals surface area (Å²) in [5.41, 5.74) is -0.201. The molecule has 2 heterocycles. The maximum absolute atomic E-state index is 13.1. The monoisotopic (exact) mass is 422 g/mol. The van der Waals surface area contributed by atoms with Crippen LogP contribution in [0.4, 0.5) is 4.79 Å². The summed E-state index contributed by atoms with van der Waals surface area (Å²) in [4.78, 5) is 17.2. The Bertz CT molecular complexity index is 692. The molecule has 2 aliphatic heterocycles. The Hall–Kier alpha value is -1.28. The van der Waals surface area contributed by atoms with E-state index < -0.39 is 11.3 Å². The number of benzene rings is 1. The molecule has 6 nitrogen and oxygen atoms in total. The minimum Gasteiger partial charge on any atom is -0.444 e. The molecule has 2 saturated heterocycles. The van der Waals surface area contributed by atoms with Gasteiger partial charge in [-0.25, -0.2) is 4.79 Å². The molecule has 0 bridgehead atoms. The summed E-state index contributed by atoms with van der Waals surface area (Å²) < 4.78 is 18.2. The molecule has 0 aromatic heterocycles. The molecule has 29 heavy (non-hydrogen) atoms. The lowest BCUT2D eigenvalue weighted by Crippen LogP contribution is -2.57. The summed E-state index contributed by atoms with van der Waals surface area (Å²) in [6.07, 6.45) is -0.550. The zero-order valence-electron chi connectivity index (χ0n) is 18.4. The molecular formula is C22H34N2O4S. The van der Waals surface area contributed by atoms with Crippen molar-refractivity contribution in [3.8, 4) is 0 Å². The van der Waals surface area contributed by atoms with Gasteiger partial charge in [0.25, 0.3) is 0 Å². The zero-order chi connectivity index (χ0) is 21.2. The number of likely N-dealkylation sites (N-methyl/N-ethyl adjacent to an activating group) is 1. The standard InChI is InChI=1S/C22H34N2O4S/c1-21(2,3)28-20(25)24-17(15-27-22(24,4)5)18(19-23(6)12-13-29-19)26-14-16-10-8-7-9-11-16/h7-11,17-19H,12-15H2,1-6H3/t17-,18+,19?/m0/s1. The molecule has 0 aliphatic carbocycles. The molecule has 3 atom stereocenters. The second-order valence-electron chi connectivity index (χ2n) is 9.18. The second kappa shape index (κ2) is 8.84. The Balaban J connectivity index is 1.85. The third-order valence-corrected chi connectivity index (χ3v) is 6.61. The van der Waals surface area contributed by atoms with E-state index in [2.05, 4.69) is 24.1 Å². The predicted molar refractivity (Wildman–Crippen MR) is 116 cm³/mol. The summed E-state index contributed by atoms with van der Waals surface area (Å²) in [5.74, 6) is 1.05. The molecule has 162 valence electrons. The van der Waals surface area contributed by atoms with Gasteiger partial charge in [-0.1, -0.05) is 30.3 Å². The maximum atomic E-state index is 13.1. The first kappa shape index (κ1) is 22.4. The van der Waals surface area contributed by atoms with Gasteiger partial charge >= 0.3 is 6.09 Å². The largest absolute Gasteiger partial charge is 0.444 e. The Morgan fingerprint density at radius 3 is 2.59 bits per heavy atom. The zero-order valence-corrected chi connectivity index (χ0v) is 19.2. The number of amides is 1. The Morgan fingerprint density at radius 2 is 2.00 bits per heavy atom. The Kier molecular flexibility index (Phi) is 6.83. The van der Waals surface area contributed by atoms with Crippen LogP contribution in [0.3, 0.4) is 0 Å². The first-order chi connectivity index (χ1) is 13.6. The molecule has 3 rings (SSSR count). The van der Waals surface area contributed by atoms with Crippen molar-refractivity contribution in [3.63, 3.8) is 0 Å². The van der Waals surface area contributed by atoms with Gasteiger partial charge in [-0.15, -0.1) is 11.8 Å². The molecule has 0 N–H and O–H groups in total. The van der Waals surface area contributed by atoms with Crippen molar-refractivity contribution in [1.29, 1.82) is 0 Å². The van der Waals surface area contributed by atoms with Gasteiger partial charge in [0.05, 0.1) is 24.6 Å².